The zero-order valence-corrected chi connectivity index (χ0v) is 13.1. The molecule has 0 aromatic heterocycles. The van der Waals surface area contributed by atoms with E-state index < -0.39 is 0 Å². The molecule has 0 radical (unpaired) electrons. The number of carbonyl (C=O) groups excluding carboxylic acids is 1. The minimum Gasteiger partial charge on any atom is -0.307 e. The molecule has 110 valence electrons. The highest BCUT2D eigenvalue weighted by Crippen LogP contribution is 2.22. The molecule has 0 bridgehead atoms. The second-order valence-corrected chi connectivity index (χ2v) is 5.36. The highest BCUT2D eigenvalue weighted by atomic mass is 16.2. The quantitative estimate of drug-likeness (QED) is 0.832. The summed E-state index contributed by atoms with van der Waals surface area (Å²) in [6.07, 6.45) is 0.888. The number of urea groups is 1. The van der Waals surface area contributed by atoms with Gasteiger partial charge in [0.15, 0.2) is 0 Å². The average Bonchev–Trinajstić information content (AvgIpc) is 2.43. The molecule has 2 aromatic rings. The van der Waals surface area contributed by atoms with Gasteiger partial charge in [-0.2, -0.15) is 0 Å². The van der Waals surface area contributed by atoms with Crippen LogP contribution in [-0.4, -0.2) is 6.03 Å². The molecule has 2 rings (SSSR count). The van der Waals surface area contributed by atoms with Crippen LogP contribution >= 0.6 is 0 Å². The van der Waals surface area contributed by atoms with Crippen molar-refractivity contribution in [1.82, 2.24) is 0 Å². The third-order valence-corrected chi connectivity index (χ3v) is 3.56. The van der Waals surface area contributed by atoms with Crippen LogP contribution < -0.4 is 10.6 Å². The Morgan fingerprint density at radius 3 is 2.24 bits per heavy atom. The first-order chi connectivity index (χ1) is 10.0. The summed E-state index contributed by atoms with van der Waals surface area (Å²) in [7, 11) is 0. The number of nitrogens with one attached hydrogen (secondary N) is 2. The SMILES string of the molecule is CCc1ccccc1NC(=O)Nc1c(C)cc(C)cc1C. The van der Waals surface area contributed by atoms with Gasteiger partial charge >= 0.3 is 6.03 Å². The van der Waals surface area contributed by atoms with Gasteiger partial charge in [-0.15, -0.1) is 0 Å². The van der Waals surface area contributed by atoms with Crippen molar-refractivity contribution in [3.63, 3.8) is 0 Å². The molecule has 0 saturated carbocycles. The maximum atomic E-state index is 12.2. The molecule has 2 amide bonds. The maximum absolute atomic E-state index is 12.2. The molecular formula is C18H22N2O. The van der Waals surface area contributed by atoms with E-state index in [9.17, 15) is 4.79 Å². The highest BCUT2D eigenvalue weighted by molar-refractivity contribution is 6.01. The van der Waals surface area contributed by atoms with Crippen molar-refractivity contribution < 1.29 is 4.79 Å². The van der Waals surface area contributed by atoms with Crippen molar-refractivity contribution in [3.8, 4) is 0 Å². The van der Waals surface area contributed by atoms with Crippen molar-refractivity contribution in [2.45, 2.75) is 34.1 Å². The normalized spacial score (nSPS) is 10.3. The van der Waals surface area contributed by atoms with Gasteiger partial charge < -0.3 is 10.6 Å². The number of hydrogen-bond acceptors (Lipinski definition) is 1. The smallest absolute Gasteiger partial charge is 0.307 e. The second kappa shape index (κ2) is 6.44. The van der Waals surface area contributed by atoms with Crippen LogP contribution in [0, 0.1) is 20.8 Å². The lowest BCUT2D eigenvalue weighted by Gasteiger charge is -2.15. The van der Waals surface area contributed by atoms with E-state index in [1.165, 1.54) is 5.56 Å². The van der Waals surface area contributed by atoms with Crippen molar-refractivity contribution >= 4 is 17.4 Å². The van der Waals surface area contributed by atoms with Crippen LogP contribution in [0.3, 0.4) is 0 Å². The number of aryl methyl sites for hydroxylation is 4. The van der Waals surface area contributed by atoms with Crippen LogP contribution in [0.15, 0.2) is 36.4 Å². The lowest BCUT2D eigenvalue weighted by atomic mass is 10.1. The Morgan fingerprint density at radius 1 is 1.00 bits per heavy atom. The zero-order valence-electron chi connectivity index (χ0n) is 13.1. The van der Waals surface area contributed by atoms with Crippen LogP contribution in [0.25, 0.3) is 0 Å². The number of carbonyl (C=O) groups is 1. The van der Waals surface area contributed by atoms with E-state index in [0.29, 0.717) is 0 Å². The first-order valence-electron chi connectivity index (χ1n) is 7.25. The van der Waals surface area contributed by atoms with Gasteiger partial charge in [0.2, 0.25) is 0 Å². The Morgan fingerprint density at radius 2 is 1.62 bits per heavy atom. The third kappa shape index (κ3) is 3.63. The van der Waals surface area contributed by atoms with Crippen molar-refractivity contribution in [2.75, 3.05) is 10.6 Å². The molecule has 2 N–H and O–H groups in total. The molecule has 0 saturated heterocycles. The number of para-hydroxylation sites is 1. The summed E-state index contributed by atoms with van der Waals surface area (Å²) < 4.78 is 0. The fourth-order valence-electron chi connectivity index (χ4n) is 2.59. The molecule has 0 atom stereocenters. The Kier molecular flexibility index (Phi) is 4.63. The fourth-order valence-corrected chi connectivity index (χ4v) is 2.59. The van der Waals surface area contributed by atoms with Crippen LogP contribution in [0.4, 0.5) is 16.2 Å². The topological polar surface area (TPSA) is 41.1 Å². The summed E-state index contributed by atoms with van der Waals surface area (Å²) >= 11 is 0. The third-order valence-electron chi connectivity index (χ3n) is 3.56. The van der Waals surface area contributed by atoms with E-state index in [0.717, 1.165) is 34.5 Å². The second-order valence-electron chi connectivity index (χ2n) is 5.36. The average molecular weight is 282 g/mol. The predicted octanol–water partition coefficient (Wildman–Crippen LogP) is 4.82. The lowest BCUT2D eigenvalue weighted by Crippen LogP contribution is -2.21. The summed E-state index contributed by atoms with van der Waals surface area (Å²) in [5.41, 5.74) is 6.22. The minimum atomic E-state index is -0.203. The number of hydrogen-bond donors (Lipinski definition) is 2. The number of anilines is 2. The Balaban J connectivity index is 2.16. The standard InChI is InChI=1S/C18H22N2O/c1-5-15-8-6-7-9-16(15)19-18(21)20-17-13(3)10-12(2)11-14(17)4/h6-11H,5H2,1-4H3,(H2,19,20,21). The Hall–Kier alpha value is -2.29. The molecular weight excluding hydrogens is 260 g/mol. The van der Waals surface area contributed by atoms with Gasteiger partial charge in [0, 0.05) is 11.4 Å². The van der Waals surface area contributed by atoms with Gasteiger partial charge in [-0.1, -0.05) is 42.8 Å². The van der Waals surface area contributed by atoms with Gasteiger partial charge in [0.25, 0.3) is 0 Å². The first-order valence-corrected chi connectivity index (χ1v) is 7.25. The van der Waals surface area contributed by atoms with E-state index in [1.54, 1.807) is 0 Å². The van der Waals surface area contributed by atoms with Gasteiger partial charge in [0.1, 0.15) is 0 Å². The summed E-state index contributed by atoms with van der Waals surface area (Å²) in [5.74, 6) is 0. The van der Waals surface area contributed by atoms with Crippen LogP contribution in [0.5, 0.6) is 0 Å². The summed E-state index contributed by atoms with van der Waals surface area (Å²) in [6, 6.07) is 11.8. The molecule has 0 aliphatic rings. The highest BCUT2D eigenvalue weighted by Gasteiger charge is 2.09. The molecule has 0 aliphatic carbocycles. The van der Waals surface area contributed by atoms with E-state index in [1.807, 2.05) is 38.1 Å². The van der Waals surface area contributed by atoms with Crippen molar-refractivity contribution in [2.24, 2.45) is 0 Å². The van der Waals surface area contributed by atoms with E-state index in [-0.39, 0.29) is 6.03 Å². The minimum absolute atomic E-state index is 0.203. The van der Waals surface area contributed by atoms with E-state index in [4.69, 9.17) is 0 Å². The Labute approximate surface area is 126 Å². The largest absolute Gasteiger partial charge is 0.323 e. The van der Waals surface area contributed by atoms with Gasteiger partial charge in [-0.25, -0.2) is 4.79 Å². The summed E-state index contributed by atoms with van der Waals surface area (Å²) in [6.45, 7) is 8.15. The van der Waals surface area contributed by atoms with Crippen LogP contribution in [0.1, 0.15) is 29.2 Å². The molecule has 3 heteroatoms. The number of benzene rings is 2. The summed E-state index contributed by atoms with van der Waals surface area (Å²) in [4.78, 5) is 12.2. The van der Waals surface area contributed by atoms with Gasteiger partial charge in [0.05, 0.1) is 0 Å². The monoisotopic (exact) mass is 282 g/mol. The molecule has 0 heterocycles. The lowest BCUT2D eigenvalue weighted by molar-refractivity contribution is 0.262. The van der Waals surface area contributed by atoms with Crippen molar-refractivity contribution in [3.05, 3.63) is 58.7 Å². The van der Waals surface area contributed by atoms with Gasteiger partial charge in [-0.05, 0) is 49.9 Å². The summed E-state index contributed by atoms with van der Waals surface area (Å²) in [5, 5.41) is 5.88. The first kappa shape index (κ1) is 15.1. The molecule has 21 heavy (non-hydrogen) atoms. The molecule has 0 unspecified atom stereocenters. The number of amides is 2. The van der Waals surface area contributed by atoms with Crippen LogP contribution in [0.2, 0.25) is 0 Å². The molecule has 0 spiro atoms. The molecule has 0 aliphatic heterocycles. The van der Waals surface area contributed by atoms with E-state index in [2.05, 4.69) is 36.6 Å². The maximum Gasteiger partial charge on any atom is 0.323 e. The predicted molar refractivity (Wildman–Crippen MR) is 89.1 cm³/mol. The van der Waals surface area contributed by atoms with E-state index >= 15 is 0 Å². The fraction of sp³-hybridized carbons (Fsp3) is 0.278. The molecule has 3 nitrogen and oxygen atoms in total. The van der Waals surface area contributed by atoms with Crippen LogP contribution in [-0.2, 0) is 6.42 Å². The number of rotatable bonds is 3. The van der Waals surface area contributed by atoms with Crippen molar-refractivity contribution in [1.29, 1.82) is 0 Å². The Bertz CT molecular complexity index is 639. The molecule has 2 aromatic carbocycles. The zero-order chi connectivity index (χ0) is 15.4. The molecule has 0 fully saturated rings. The van der Waals surface area contributed by atoms with Gasteiger partial charge in [-0.3, -0.25) is 0 Å².